The van der Waals surface area contributed by atoms with Crippen LogP contribution in [0.2, 0.25) is 0 Å². The maximum atomic E-state index is 12.4. The zero-order valence-corrected chi connectivity index (χ0v) is 14.2. The highest BCUT2D eigenvalue weighted by atomic mass is 32.2. The predicted molar refractivity (Wildman–Crippen MR) is 89.0 cm³/mol. The van der Waals surface area contributed by atoms with Gasteiger partial charge in [0.1, 0.15) is 5.82 Å². The van der Waals surface area contributed by atoms with E-state index in [1.165, 1.54) is 19.3 Å². The number of nitrogens with zero attached hydrogens (tertiary/aromatic N) is 3. The second-order valence-electron chi connectivity index (χ2n) is 5.76. The summed E-state index contributed by atoms with van der Waals surface area (Å²) in [5.74, 6) is 2.33. The predicted octanol–water partition coefficient (Wildman–Crippen LogP) is 3.29. The molecule has 1 N–H and O–H groups in total. The van der Waals surface area contributed by atoms with Crippen LogP contribution in [0.25, 0.3) is 0 Å². The Kier molecular flexibility index (Phi) is 5.56. The van der Waals surface area contributed by atoms with Gasteiger partial charge in [0.15, 0.2) is 0 Å². The molecule has 1 fully saturated rings. The number of anilines is 1. The van der Waals surface area contributed by atoms with E-state index < -0.39 is 0 Å². The van der Waals surface area contributed by atoms with Gasteiger partial charge in [-0.15, -0.1) is 0 Å². The normalized spacial score (nSPS) is 16.4. The summed E-state index contributed by atoms with van der Waals surface area (Å²) in [6.07, 6.45) is 6.76. The molecule has 0 aromatic carbocycles. The van der Waals surface area contributed by atoms with Gasteiger partial charge in [-0.2, -0.15) is 16.9 Å². The molecule has 0 radical (unpaired) electrons. The zero-order valence-electron chi connectivity index (χ0n) is 13.4. The fraction of sp³-hybridized carbons (Fsp3) is 0.733. The van der Waals surface area contributed by atoms with Crippen molar-refractivity contribution in [3.8, 4) is 0 Å². The molecule has 0 unspecified atom stereocenters. The van der Waals surface area contributed by atoms with E-state index >= 15 is 0 Å². The van der Waals surface area contributed by atoms with Crippen LogP contribution in [0.4, 0.5) is 10.6 Å². The standard InChI is InChI=1S/C15H26N4OS/c1-5-12(10-21-4)18(2)15(20)16-14-9-13(17-19(14)3)11-7-6-8-11/h9,11-12H,5-8,10H2,1-4H3,(H,16,20)/t12-/m0/s1. The van der Waals surface area contributed by atoms with Crippen LogP contribution < -0.4 is 5.32 Å². The first kappa shape index (κ1) is 16.2. The Labute approximate surface area is 131 Å². The minimum atomic E-state index is -0.0564. The number of aromatic nitrogens is 2. The number of amides is 2. The van der Waals surface area contributed by atoms with E-state index in [4.69, 9.17) is 0 Å². The molecular formula is C15H26N4OS. The summed E-state index contributed by atoms with van der Waals surface area (Å²) in [7, 11) is 3.75. The molecule has 2 amide bonds. The van der Waals surface area contributed by atoms with Crippen LogP contribution >= 0.6 is 11.8 Å². The van der Waals surface area contributed by atoms with Gasteiger partial charge in [-0.25, -0.2) is 4.79 Å². The van der Waals surface area contributed by atoms with E-state index in [0.29, 0.717) is 5.92 Å². The Morgan fingerprint density at radius 1 is 1.62 bits per heavy atom. The van der Waals surface area contributed by atoms with Crippen LogP contribution in [-0.4, -0.2) is 45.8 Å². The number of hydrogen-bond acceptors (Lipinski definition) is 3. The van der Waals surface area contributed by atoms with Gasteiger partial charge in [0, 0.05) is 37.9 Å². The van der Waals surface area contributed by atoms with Gasteiger partial charge >= 0.3 is 6.03 Å². The summed E-state index contributed by atoms with van der Waals surface area (Å²) in [6.45, 7) is 2.11. The molecule has 1 aromatic heterocycles. The molecule has 0 spiro atoms. The van der Waals surface area contributed by atoms with Crippen molar-refractivity contribution < 1.29 is 4.79 Å². The molecule has 21 heavy (non-hydrogen) atoms. The SMILES string of the molecule is CC[C@@H](CSC)N(C)C(=O)Nc1cc(C2CCC2)nn1C. The quantitative estimate of drug-likeness (QED) is 0.877. The van der Waals surface area contributed by atoms with Crippen molar-refractivity contribution in [2.75, 3.05) is 24.4 Å². The van der Waals surface area contributed by atoms with Gasteiger partial charge in [-0.1, -0.05) is 13.3 Å². The summed E-state index contributed by atoms with van der Waals surface area (Å²) < 4.78 is 1.77. The first-order valence-corrected chi connectivity index (χ1v) is 9.02. The number of carbonyl (C=O) groups excluding carboxylic acids is 1. The molecular weight excluding hydrogens is 284 g/mol. The number of rotatable bonds is 6. The van der Waals surface area contributed by atoms with Crippen LogP contribution in [0.1, 0.15) is 44.2 Å². The second-order valence-corrected chi connectivity index (χ2v) is 6.68. The highest BCUT2D eigenvalue weighted by Crippen LogP contribution is 2.36. The van der Waals surface area contributed by atoms with Crippen molar-refractivity contribution in [2.45, 2.75) is 44.6 Å². The van der Waals surface area contributed by atoms with E-state index in [1.807, 2.05) is 20.2 Å². The number of hydrogen-bond donors (Lipinski definition) is 1. The first-order valence-electron chi connectivity index (χ1n) is 7.63. The molecule has 0 bridgehead atoms. The summed E-state index contributed by atoms with van der Waals surface area (Å²) in [4.78, 5) is 14.2. The van der Waals surface area contributed by atoms with Gasteiger partial charge in [-0.3, -0.25) is 10.00 Å². The van der Waals surface area contributed by atoms with Crippen LogP contribution in [-0.2, 0) is 7.05 Å². The fourth-order valence-corrected chi connectivity index (χ4v) is 3.41. The lowest BCUT2D eigenvalue weighted by atomic mass is 9.83. The minimum Gasteiger partial charge on any atom is -0.324 e. The molecule has 0 aliphatic heterocycles. The van der Waals surface area contributed by atoms with Crippen molar-refractivity contribution in [3.63, 3.8) is 0 Å². The minimum absolute atomic E-state index is 0.0564. The van der Waals surface area contributed by atoms with Gasteiger partial charge in [0.2, 0.25) is 0 Å². The maximum Gasteiger partial charge on any atom is 0.323 e. The molecule has 1 atom stereocenters. The Morgan fingerprint density at radius 2 is 2.33 bits per heavy atom. The molecule has 1 saturated carbocycles. The van der Waals surface area contributed by atoms with Crippen molar-refractivity contribution >= 4 is 23.6 Å². The zero-order chi connectivity index (χ0) is 15.4. The lowest BCUT2D eigenvalue weighted by molar-refractivity contribution is 0.207. The third-order valence-corrected chi connectivity index (χ3v) is 5.07. The van der Waals surface area contributed by atoms with E-state index in [9.17, 15) is 4.79 Å². The lowest BCUT2D eigenvalue weighted by Gasteiger charge is -2.26. The lowest BCUT2D eigenvalue weighted by Crippen LogP contribution is -2.41. The fourth-order valence-electron chi connectivity index (χ4n) is 2.57. The van der Waals surface area contributed by atoms with Crippen molar-refractivity contribution in [1.82, 2.24) is 14.7 Å². The molecule has 1 aromatic rings. The summed E-state index contributed by atoms with van der Waals surface area (Å²) in [5.41, 5.74) is 1.11. The first-order chi connectivity index (χ1) is 10.1. The van der Waals surface area contributed by atoms with Gasteiger partial charge in [-0.05, 0) is 25.5 Å². The highest BCUT2D eigenvalue weighted by Gasteiger charge is 2.24. The Morgan fingerprint density at radius 3 is 2.86 bits per heavy atom. The van der Waals surface area contributed by atoms with Crippen LogP contribution in [0.15, 0.2) is 6.07 Å². The largest absolute Gasteiger partial charge is 0.324 e. The topological polar surface area (TPSA) is 50.2 Å². The van der Waals surface area contributed by atoms with Gasteiger partial charge in [0.25, 0.3) is 0 Å². The third-order valence-electron chi connectivity index (χ3n) is 4.36. The highest BCUT2D eigenvalue weighted by molar-refractivity contribution is 7.98. The molecule has 1 heterocycles. The molecule has 5 nitrogen and oxygen atoms in total. The monoisotopic (exact) mass is 310 g/mol. The maximum absolute atomic E-state index is 12.4. The Hall–Kier alpha value is -1.17. The number of nitrogens with one attached hydrogen (secondary N) is 1. The summed E-state index contributed by atoms with van der Waals surface area (Å²) in [5, 5.41) is 7.51. The summed E-state index contributed by atoms with van der Waals surface area (Å²) in [6, 6.07) is 2.23. The number of aryl methyl sites for hydroxylation is 1. The third kappa shape index (κ3) is 3.73. The molecule has 118 valence electrons. The van der Waals surface area contributed by atoms with Crippen LogP contribution in [0, 0.1) is 0 Å². The number of thioether (sulfide) groups is 1. The Bertz CT molecular complexity index is 484. The average molecular weight is 310 g/mol. The molecule has 6 heteroatoms. The van der Waals surface area contributed by atoms with Crippen molar-refractivity contribution in [1.29, 1.82) is 0 Å². The van der Waals surface area contributed by atoms with E-state index in [2.05, 4.69) is 23.6 Å². The number of carbonyl (C=O) groups is 1. The summed E-state index contributed by atoms with van der Waals surface area (Å²) >= 11 is 1.77. The molecule has 1 aliphatic carbocycles. The van der Waals surface area contributed by atoms with Crippen LogP contribution in [0.5, 0.6) is 0 Å². The van der Waals surface area contributed by atoms with Crippen molar-refractivity contribution in [3.05, 3.63) is 11.8 Å². The smallest absolute Gasteiger partial charge is 0.323 e. The van der Waals surface area contributed by atoms with Crippen LogP contribution in [0.3, 0.4) is 0 Å². The molecule has 0 saturated heterocycles. The number of urea groups is 1. The average Bonchev–Trinajstić information content (AvgIpc) is 2.74. The molecule has 1 aliphatic rings. The van der Waals surface area contributed by atoms with E-state index in [-0.39, 0.29) is 12.1 Å². The van der Waals surface area contributed by atoms with E-state index in [1.54, 1.807) is 21.3 Å². The van der Waals surface area contributed by atoms with Gasteiger partial charge < -0.3 is 4.90 Å². The van der Waals surface area contributed by atoms with Crippen molar-refractivity contribution in [2.24, 2.45) is 7.05 Å². The molecule has 2 rings (SSSR count). The second kappa shape index (κ2) is 7.20. The van der Waals surface area contributed by atoms with E-state index in [0.717, 1.165) is 23.7 Å². The Balaban J connectivity index is 1.99. The van der Waals surface area contributed by atoms with Gasteiger partial charge in [0.05, 0.1) is 5.69 Å².